The van der Waals surface area contributed by atoms with Gasteiger partial charge in [0, 0.05) is 16.7 Å². The van der Waals surface area contributed by atoms with Gasteiger partial charge >= 0.3 is 0 Å². The third kappa shape index (κ3) is 4.55. The molecule has 4 atom stereocenters. The predicted molar refractivity (Wildman–Crippen MR) is 147 cm³/mol. The van der Waals surface area contributed by atoms with Crippen molar-refractivity contribution in [2.24, 2.45) is 17.8 Å². The lowest BCUT2D eigenvalue weighted by Crippen LogP contribution is -2.42. The van der Waals surface area contributed by atoms with Crippen molar-refractivity contribution in [1.29, 1.82) is 5.26 Å². The van der Waals surface area contributed by atoms with E-state index in [9.17, 15) is 5.26 Å². The second-order valence-electron chi connectivity index (χ2n) is 11.4. The molecule has 184 valence electrons. The fourth-order valence-electron chi connectivity index (χ4n) is 7.15. The van der Waals surface area contributed by atoms with Crippen molar-refractivity contribution in [2.45, 2.75) is 51.4 Å². The first kappa shape index (κ1) is 23.6. The molecule has 1 aromatic heterocycles. The molecular weight excluding hydrogens is 452 g/mol. The van der Waals surface area contributed by atoms with Crippen molar-refractivity contribution in [2.75, 3.05) is 0 Å². The maximum atomic E-state index is 10.3. The Balaban J connectivity index is 1.47. The number of nitrogens with zero attached hydrogens (tertiary/aromatic N) is 4. The lowest BCUT2D eigenvalue weighted by atomic mass is 9.54. The van der Waals surface area contributed by atoms with Gasteiger partial charge in [0.2, 0.25) is 0 Å². The molecule has 6 rings (SSSR count). The van der Waals surface area contributed by atoms with Crippen LogP contribution in [-0.4, -0.2) is 15.0 Å². The summed E-state index contributed by atoms with van der Waals surface area (Å²) < 4.78 is 0. The van der Waals surface area contributed by atoms with Gasteiger partial charge in [-0.05, 0) is 73.0 Å². The zero-order chi connectivity index (χ0) is 25.4. The van der Waals surface area contributed by atoms with Crippen molar-refractivity contribution in [3.63, 3.8) is 0 Å². The Labute approximate surface area is 219 Å². The van der Waals surface area contributed by atoms with Gasteiger partial charge < -0.3 is 0 Å². The molecule has 37 heavy (non-hydrogen) atoms. The van der Waals surface area contributed by atoms with E-state index in [1.165, 1.54) is 37.7 Å². The van der Waals surface area contributed by atoms with E-state index in [1.54, 1.807) is 0 Å². The maximum Gasteiger partial charge on any atom is 0.165 e. The van der Waals surface area contributed by atoms with E-state index >= 15 is 0 Å². The Kier molecular flexibility index (Phi) is 6.08. The Hall–Kier alpha value is -3.84. The highest BCUT2D eigenvalue weighted by atomic mass is 15.0. The summed E-state index contributed by atoms with van der Waals surface area (Å²) in [4.78, 5) is 14.5. The first-order chi connectivity index (χ1) is 18.0. The number of hydrogen-bond donors (Lipinski definition) is 0. The minimum absolute atomic E-state index is 0.174. The van der Waals surface area contributed by atoms with Gasteiger partial charge in [-0.25, -0.2) is 15.0 Å². The molecule has 0 saturated heterocycles. The molecule has 4 nitrogen and oxygen atoms in total. The van der Waals surface area contributed by atoms with E-state index in [-0.39, 0.29) is 5.41 Å². The molecule has 3 aromatic carbocycles. The van der Waals surface area contributed by atoms with Crippen LogP contribution in [0.5, 0.6) is 0 Å². The topological polar surface area (TPSA) is 62.5 Å². The van der Waals surface area contributed by atoms with E-state index in [1.807, 2.05) is 60.7 Å². The van der Waals surface area contributed by atoms with Crippen LogP contribution in [0.1, 0.15) is 57.1 Å². The Morgan fingerprint density at radius 2 is 1.24 bits per heavy atom. The maximum absolute atomic E-state index is 10.3. The largest absolute Gasteiger partial charge is 0.208 e. The van der Waals surface area contributed by atoms with E-state index in [0.717, 1.165) is 34.4 Å². The summed E-state index contributed by atoms with van der Waals surface area (Å²) in [6, 6.07) is 28.9. The van der Waals surface area contributed by atoms with E-state index < -0.39 is 0 Å². The van der Waals surface area contributed by atoms with Crippen LogP contribution in [0, 0.1) is 29.1 Å². The highest BCUT2D eigenvalue weighted by Gasteiger charge is 2.45. The summed E-state index contributed by atoms with van der Waals surface area (Å²) in [5.41, 5.74) is 4.75. The second kappa shape index (κ2) is 9.56. The van der Waals surface area contributed by atoms with Gasteiger partial charge in [0.25, 0.3) is 0 Å². The molecule has 0 spiro atoms. The molecule has 2 saturated carbocycles. The average molecular weight is 485 g/mol. The van der Waals surface area contributed by atoms with E-state index in [2.05, 4.69) is 38.1 Å². The smallest absolute Gasteiger partial charge is 0.165 e. The Bertz CT molecular complexity index is 1380. The molecule has 0 N–H and O–H groups in total. The lowest BCUT2D eigenvalue weighted by molar-refractivity contribution is 0.0780. The number of aromatic nitrogens is 3. The highest BCUT2D eigenvalue weighted by Crippen LogP contribution is 2.54. The summed E-state index contributed by atoms with van der Waals surface area (Å²) in [7, 11) is 0. The second-order valence-corrected chi connectivity index (χ2v) is 11.4. The van der Waals surface area contributed by atoms with Gasteiger partial charge in [0.05, 0.1) is 11.6 Å². The lowest BCUT2D eigenvalue weighted by Gasteiger charge is -2.50. The number of benzene rings is 3. The molecular formula is C33H32N4. The Morgan fingerprint density at radius 1 is 0.703 bits per heavy atom. The number of nitriles is 1. The van der Waals surface area contributed by atoms with Crippen LogP contribution in [-0.2, 0) is 5.41 Å². The van der Waals surface area contributed by atoms with Crippen molar-refractivity contribution >= 4 is 0 Å². The zero-order valence-corrected chi connectivity index (χ0v) is 21.6. The number of hydrogen-bond acceptors (Lipinski definition) is 4. The SMILES string of the molecule is C[C@@H]1CC2C[C@H](C)CC(c3ccc(-c4nc(-c5ccccc5)nc(-c5ccccc5)n4)c(C#N)c3)(C2)C1. The van der Waals surface area contributed by atoms with Gasteiger partial charge in [-0.2, -0.15) is 5.26 Å². The van der Waals surface area contributed by atoms with E-state index in [0.29, 0.717) is 23.0 Å². The first-order valence-corrected chi connectivity index (χ1v) is 13.4. The van der Waals surface area contributed by atoms with Crippen LogP contribution in [0.25, 0.3) is 34.2 Å². The quantitative estimate of drug-likeness (QED) is 0.296. The fourth-order valence-corrected chi connectivity index (χ4v) is 7.15. The number of fused-ring (bicyclic) bond motifs is 2. The van der Waals surface area contributed by atoms with Gasteiger partial charge in [0.15, 0.2) is 17.5 Å². The van der Waals surface area contributed by atoms with Crippen LogP contribution in [0.15, 0.2) is 78.9 Å². The fraction of sp³-hybridized carbons (Fsp3) is 0.333. The molecule has 0 aliphatic heterocycles. The van der Waals surface area contributed by atoms with Crippen molar-refractivity contribution in [1.82, 2.24) is 15.0 Å². The molecule has 2 aliphatic rings. The standard InChI is InChI=1S/C33H32N4/c1-22-15-24-16-23(2)19-33(18-22,20-24)28-13-14-29(27(17-28)21-34)32-36-30(25-9-5-3-6-10-25)35-31(37-32)26-11-7-4-8-12-26/h3-14,17,22-24H,15-16,18-20H2,1-2H3/t22-,23+,24?,33?. The van der Waals surface area contributed by atoms with Gasteiger partial charge in [-0.1, -0.05) is 80.6 Å². The normalized spacial score (nSPS) is 24.8. The number of rotatable bonds is 4. The highest BCUT2D eigenvalue weighted by molar-refractivity contribution is 5.70. The summed E-state index contributed by atoms with van der Waals surface area (Å²) in [6.07, 6.45) is 6.34. The molecule has 0 amide bonds. The van der Waals surface area contributed by atoms with Gasteiger partial charge in [-0.15, -0.1) is 0 Å². The summed E-state index contributed by atoms with van der Waals surface area (Å²) in [5.74, 6) is 4.01. The van der Waals surface area contributed by atoms with Gasteiger partial charge in [-0.3, -0.25) is 0 Å². The minimum Gasteiger partial charge on any atom is -0.208 e. The molecule has 1 heterocycles. The third-order valence-corrected chi connectivity index (χ3v) is 8.32. The molecule has 2 fully saturated rings. The zero-order valence-electron chi connectivity index (χ0n) is 21.6. The van der Waals surface area contributed by atoms with Crippen LogP contribution in [0.2, 0.25) is 0 Å². The Morgan fingerprint density at radius 3 is 1.78 bits per heavy atom. The van der Waals surface area contributed by atoms with Crippen LogP contribution in [0.3, 0.4) is 0 Å². The van der Waals surface area contributed by atoms with Crippen LogP contribution >= 0.6 is 0 Å². The summed E-state index contributed by atoms with van der Waals surface area (Å²) in [6.45, 7) is 4.80. The van der Waals surface area contributed by atoms with Crippen molar-refractivity contribution < 1.29 is 0 Å². The van der Waals surface area contributed by atoms with Gasteiger partial charge in [0.1, 0.15) is 0 Å². The van der Waals surface area contributed by atoms with E-state index in [4.69, 9.17) is 15.0 Å². The molecule has 4 aromatic rings. The van der Waals surface area contributed by atoms with Crippen molar-refractivity contribution in [3.05, 3.63) is 90.0 Å². The molecule has 2 aliphatic carbocycles. The molecule has 4 heteroatoms. The summed E-state index contributed by atoms with van der Waals surface area (Å²) >= 11 is 0. The minimum atomic E-state index is 0.174. The van der Waals surface area contributed by atoms with Crippen LogP contribution in [0.4, 0.5) is 0 Å². The molecule has 2 unspecified atom stereocenters. The summed E-state index contributed by atoms with van der Waals surface area (Å²) in [5, 5.41) is 10.3. The first-order valence-electron chi connectivity index (χ1n) is 13.4. The molecule has 0 radical (unpaired) electrons. The average Bonchev–Trinajstić information content (AvgIpc) is 2.92. The van der Waals surface area contributed by atoms with Crippen molar-refractivity contribution in [3.8, 4) is 40.2 Å². The third-order valence-electron chi connectivity index (χ3n) is 8.32. The monoisotopic (exact) mass is 484 g/mol. The van der Waals surface area contributed by atoms with Crippen LogP contribution < -0.4 is 0 Å². The predicted octanol–water partition coefficient (Wildman–Crippen LogP) is 7.85. The molecule has 2 bridgehead atoms.